The number of aromatic carboxylic acids is 1. The number of nitrogens with zero attached hydrogens (tertiary/aromatic N) is 2. The van der Waals surface area contributed by atoms with Crippen LogP contribution in [0, 0.1) is 0 Å². The van der Waals surface area contributed by atoms with E-state index in [1.54, 1.807) is 0 Å². The molecule has 0 spiro atoms. The Labute approximate surface area is 162 Å². The first kappa shape index (κ1) is 17.8. The molecule has 0 atom stereocenters. The zero-order chi connectivity index (χ0) is 19.7. The summed E-state index contributed by atoms with van der Waals surface area (Å²) in [6.07, 6.45) is 0. The SMILES string of the molecule is O=C(O)c1c(-c2ccc(O)cc2)nc(SCc2nc3ccccc3[nH]2)[nH]c1=O. The standard InChI is InChI=1S/C19H14N4O4S/c24-11-7-5-10(6-8-11)16-15(18(26)27)17(25)23-19(22-16)28-9-14-20-12-3-1-2-4-13(12)21-14/h1-8,24H,9H2,(H,20,21)(H,26,27)(H,22,23,25). The molecule has 0 fully saturated rings. The molecule has 0 aliphatic heterocycles. The maximum atomic E-state index is 12.3. The number of carboxylic acid groups (broad SMARTS) is 1. The molecule has 0 aliphatic rings. The first-order valence-corrected chi connectivity index (χ1v) is 9.23. The fraction of sp³-hybridized carbons (Fsp3) is 0.0526. The molecule has 0 aliphatic carbocycles. The molecule has 140 valence electrons. The first-order chi connectivity index (χ1) is 13.5. The highest BCUT2D eigenvalue weighted by Crippen LogP contribution is 2.25. The van der Waals surface area contributed by atoms with Crippen molar-refractivity contribution in [2.24, 2.45) is 0 Å². The molecule has 2 aromatic heterocycles. The highest BCUT2D eigenvalue weighted by atomic mass is 32.2. The number of thioether (sulfide) groups is 1. The average Bonchev–Trinajstić information content (AvgIpc) is 3.09. The van der Waals surface area contributed by atoms with Gasteiger partial charge >= 0.3 is 5.97 Å². The van der Waals surface area contributed by atoms with Crippen molar-refractivity contribution in [2.75, 3.05) is 0 Å². The van der Waals surface area contributed by atoms with Crippen LogP contribution < -0.4 is 5.56 Å². The van der Waals surface area contributed by atoms with E-state index in [2.05, 4.69) is 19.9 Å². The molecule has 0 saturated carbocycles. The van der Waals surface area contributed by atoms with Crippen molar-refractivity contribution in [3.05, 3.63) is 70.3 Å². The summed E-state index contributed by atoms with van der Waals surface area (Å²) in [7, 11) is 0. The molecule has 0 saturated heterocycles. The van der Waals surface area contributed by atoms with Crippen LogP contribution in [0.1, 0.15) is 16.2 Å². The zero-order valence-corrected chi connectivity index (χ0v) is 15.2. The van der Waals surface area contributed by atoms with Gasteiger partial charge in [0.15, 0.2) is 10.7 Å². The Balaban J connectivity index is 1.68. The van der Waals surface area contributed by atoms with Crippen molar-refractivity contribution < 1.29 is 15.0 Å². The van der Waals surface area contributed by atoms with Crippen molar-refractivity contribution >= 4 is 28.8 Å². The van der Waals surface area contributed by atoms with E-state index in [0.29, 0.717) is 17.1 Å². The van der Waals surface area contributed by atoms with Crippen LogP contribution in [0.2, 0.25) is 0 Å². The van der Waals surface area contributed by atoms with E-state index in [1.165, 1.54) is 36.0 Å². The number of phenols is 1. The molecule has 4 N–H and O–H groups in total. The van der Waals surface area contributed by atoms with Gasteiger partial charge in [0.05, 0.1) is 22.5 Å². The number of aromatic amines is 2. The van der Waals surface area contributed by atoms with Crippen LogP contribution in [-0.4, -0.2) is 36.1 Å². The van der Waals surface area contributed by atoms with Crippen LogP contribution in [0.15, 0.2) is 58.5 Å². The molecule has 4 aromatic rings. The molecular formula is C19H14N4O4S. The van der Waals surface area contributed by atoms with Gasteiger partial charge in [0.1, 0.15) is 11.6 Å². The van der Waals surface area contributed by atoms with Crippen LogP contribution in [-0.2, 0) is 5.75 Å². The van der Waals surface area contributed by atoms with E-state index < -0.39 is 17.1 Å². The number of phenolic OH excluding ortho intramolecular Hbond substituents is 1. The van der Waals surface area contributed by atoms with Gasteiger partial charge in [-0.1, -0.05) is 23.9 Å². The summed E-state index contributed by atoms with van der Waals surface area (Å²) in [6.45, 7) is 0. The van der Waals surface area contributed by atoms with E-state index in [4.69, 9.17) is 0 Å². The zero-order valence-electron chi connectivity index (χ0n) is 14.3. The third kappa shape index (κ3) is 3.47. The number of hydrogen-bond donors (Lipinski definition) is 4. The van der Waals surface area contributed by atoms with Gasteiger partial charge in [-0.05, 0) is 36.4 Å². The molecule has 4 rings (SSSR count). The number of aromatic hydroxyl groups is 1. The number of imidazole rings is 1. The Morgan fingerprint density at radius 1 is 1.04 bits per heavy atom. The quantitative estimate of drug-likeness (QED) is 0.302. The summed E-state index contributed by atoms with van der Waals surface area (Å²) in [6, 6.07) is 13.5. The van der Waals surface area contributed by atoms with E-state index >= 15 is 0 Å². The molecule has 9 heteroatoms. The summed E-state index contributed by atoms with van der Waals surface area (Å²) in [5.41, 5.74) is 1.03. The Bertz CT molecular complexity index is 1200. The van der Waals surface area contributed by atoms with Gasteiger partial charge in [-0.2, -0.15) is 0 Å². The summed E-state index contributed by atoms with van der Waals surface area (Å²) >= 11 is 1.23. The van der Waals surface area contributed by atoms with Gasteiger partial charge in [-0.3, -0.25) is 4.79 Å². The van der Waals surface area contributed by atoms with E-state index in [9.17, 15) is 19.8 Å². The molecule has 0 amide bonds. The van der Waals surface area contributed by atoms with Gasteiger partial charge in [-0.15, -0.1) is 0 Å². The van der Waals surface area contributed by atoms with Gasteiger partial charge in [0.2, 0.25) is 0 Å². The molecule has 0 unspecified atom stereocenters. The van der Waals surface area contributed by atoms with Crippen molar-refractivity contribution in [3.8, 4) is 17.0 Å². The predicted molar refractivity (Wildman–Crippen MR) is 105 cm³/mol. The van der Waals surface area contributed by atoms with E-state index in [-0.39, 0.29) is 16.6 Å². The lowest BCUT2D eigenvalue weighted by Crippen LogP contribution is -2.21. The summed E-state index contributed by atoms with van der Waals surface area (Å²) in [5.74, 6) is -0.211. The van der Waals surface area contributed by atoms with Crippen molar-refractivity contribution in [2.45, 2.75) is 10.9 Å². The third-order valence-corrected chi connectivity index (χ3v) is 4.92. The lowest BCUT2D eigenvalue weighted by atomic mass is 10.1. The highest BCUT2D eigenvalue weighted by molar-refractivity contribution is 7.98. The summed E-state index contributed by atoms with van der Waals surface area (Å²) in [5, 5.41) is 19.1. The second-order valence-electron chi connectivity index (χ2n) is 5.94. The van der Waals surface area contributed by atoms with Crippen molar-refractivity contribution in [1.29, 1.82) is 0 Å². The molecule has 8 nitrogen and oxygen atoms in total. The predicted octanol–water partition coefficient (Wildman–Crippen LogP) is 3.01. The van der Waals surface area contributed by atoms with Crippen LogP contribution in [0.25, 0.3) is 22.3 Å². The average molecular weight is 394 g/mol. The Morgan fingerprint density at radius 3 is 2.50 bits per heavy atom. The fourth-order valence-electron chi connectivity index (χ4n) is 2.76. The summed E-state index contributed by atoms with van der Waals surface area (Å²) in [4.78, 5) is 38.4. The number of benzene rings is 2. The number of rotatable bonds is 5. The number of carbonyl (C=O) groups is 1. The Morgan fingerprint density at radius 2 is 1.79 bits per heavy atom. The van der Waals surface area contributed by atoms with Gasteiger partial charge in [0, 0.05) is 5.56 Å². The van der Waals surface area contributed by atoms with Gasteiger partial charge < -0.3 is 20.2 Å². The number of carboxylic acids is 1. The van der Waals surface area contributed by atoms with Crippen LogP contribution in [0.5, 0.6) is 5.75 Å². The minimum Gasteiger partial charge on any atom is -0.508 e. The maximum Gasteiger partial charge on any atom is 0.343 e. The van der Waals surface area contributed by atoms with Crippen LogP contribution in [0.4, 0.5) is 0 Å². The van der Waals surface area contributed by atoms with Crippen LogP contribution in [0.3, 0.4) is 0 Å². The second-order valence-corrected chi connectivity index (χ2v) is 6.90. The number of nitrogens with one attached hydrogen (secondary N) is 2. The normalized spacial score (nSPS) is 11.0. The monoisotopic (exact) mass is 394 g/mol. The van der Waals surface area contributed by atoms with Crippen molar-refractivity contribution in [1.82, 2.24) is 19.9 Å². The van der Waals surface area contributed by atoms with E-state index in [1.807, 2.05) is 24.3 Å². The molecule has 28 heavy (non-hydrogen) atoms. The smallest absolute Gasteiger partial charge is 0.343 e. The molecule has 2 heterocycles. The Kier molecular flexibility index (Phi) is 4.58. The van der Waals surface area contributed by atoms with Gasteiger partial charge in [0.25, 0.3) is 5.56 Å². The number of para-hydroxylation sites is 2. The topological polar surface area (TPSA) is 132 Å². The molecule has 2 aromatic carbocycles. The highest BCUT2D eigenvalue weighted by Gasteiger charge is 2.20. The lowest BCUT2D eigenvalue weighted by molar-refractivity contribution is 0.0695. The Hall–Kier alpha value is -3.59. The number of aromatic nitrogens is 4. The largest absolute Gasteiger partial charge is 0.508 e. The molecular weight excluding hydrogens is 380 g/mol. The minimum absolute atomic E-state index is 0.0324. The molecule has 0 radical (unpaired) electrons. The lowest BCUT2D eigenvalue weighted by Gasteiger charge is -2.07. The minimum atomic E-state index is -1.37. The van der Waals surface area contributed by atoms with Crippen molar-refractivity contribution in [3.63, 3.8) is 0 Å². The maximum absolute atomic E-state index is 12.3. The van der Waals surface area contributed by atoms with Gasteiger partial charge in [-0.25, -0.2) is 14.8 Å². The number of hydrogen-bond acceptors (Lipinski definition) is 6. The first-order valence-electron chi connectivity index (χ1n) is 8.24. The fourth-order valence-corrected chi connectivity index (χ4v) is 3.49. The summed E-state index contributed by atoms with van der Waals surface area (Å²) < 4.78 is 0. The number of H-pyrrole nitrogens is 2. The number of fused-ring (bicyclic) bond motifs is 1. The second kappa shape index (κ2) is 7.20. The molecule has 0 bridgehead atoms. The van der Waals surface area contributed by atoms with E-state index in [0.717, 1.165) is 11.0 Å². The van der Waals surface area contributed by atoms with Crippen LogP contribution >= 0.6 is 11.8 Å². The third-order valence-electron chi connectivity index (χ3n) is 4.04.